The number of ether oxygens (including phenoxy) is 1. The van der Waals surface area contributed by atoms with Crippen LogP contribution in [0.15, 0.2) is 46.0 Å². The van der Waals surface area contributed by atoms with E-state index in [2.05, 4.69) is 0 Å². The van der Waals surface area contributed by atoms with E-state index in [-0.39, 0.29) is 17.5 Å². The Balaban J connectivity index is 1.92. The van der Waals surface area contributed by atoms with Crippen molar-refractivity contribution in [1.29, 1.82) is 0 Å². The van der Waals surface area contributed by atoms with E-state index in [9.17, 15) is 13.2 Å². The lowest BCUT2D eigenvalue weighted by atomic mass is 10.2. The van der Waals surface area contributed by atoms with E-state index in [1.165, 1.54) is 26.2 Å². The van der Waals surface area contributed by atoms with Gasteiger partial charge in [-0.2, -0.15) is 11.3 Å². The molecular weight excluding hydrogens is 334 g/mol. The number of carbonyl (C=O) groups is 1. The lowest BCUT2D eigenvalue weighted by Gasteiger charge is -2.12. The minimum absolute atomic E-state index is 0.0687. The standard InChI is InChI=1S/C16H19NO4S2/c1-17(2)23(19,20)15-5-3-4-14(10-15)11-21-16(18)7-6-13-8-9-22-12-13/h3-5,8-10,12H,6-7,11H2,1-2H3. The maximum absolute atomic E-state index is 12.1. The van der Waals surface area contributed by atoms with E-state index < -0.39 is 10.0 Å². The number of benzene rings is 1. The quantitative estimate of drug-likeness (QED) is 0.718. The van der Waals surface area contributed by atoms with Crippen LogP contribution in [0.1, 0.15) is 17.5 Å². The molecule has 0 N–H and O–H groups in total. The van der Waals surface area contributed by atoms with Crippen molar-refractivity contribution in [2.45, 2.75) is 24.3 Å². The zero-order chi connectivity index (χ0) is 16.9. The number of esters is 1. The average molecular weight is 353 g/mol. The molecule has 23 heavy (non-hydrogen) atoms. The van der Waals surface area contributed by atoms with Gasteiger partial charge in [0.1, 0.15) is 6.61 Å². The van der Waals surface area contributed by atoms with Crippen LogP contribution in [0.4, 0.5) is 0 Å². The zero-order valence-corrected chi connectivity index (χ0v) is 14.7. The monoisotopic (exact) mass is 353 g/mol. The lowest BCUT2D eigenvalue weighted by Crippen LogP contribution is -2.22. The van der Waals surface area contributed by atoms with Gasteiger partial charge in [0.05, 0.1) is 4.90 Å². The van der Waals surface area contributed by atoms with Crippen molar-refractivity contribution in [3.63, 3.8) is 0 Å². The molecule has 0 saturated heterocycles. The van der Waals surface area contributed by atoms with Crippen LogP contribution in [0, 0.1) is 0 Å². The second-order valence-corrected chi connectivity index (χ2v) is 8.16. The molecule has 0 amide bonds. The summed E-state index contributed by atoms with van der Waals surface area (Å²) in [5.74, 6) is -0.294. The Kier molecular flexibility index (Phi) is 5.92. The second kappa shape index (κ2) is 7.72. The summed E-state index contributed by atoms with van der Waals surface area (Å²) in [6.07, 6.45) is 0.962. The molecule has 1 aromatic heterocycles. The number of carbonyl (C=O) groups excluding carboxylic acids is 1. The van der Waals surface area contributed by atoms with E-state index in [0.29, 0.717) is 18.4 Å². The molecule has 0 atom stereocenters. The summed E-state index contributed by atoms with van der Waals surface area (Å²) in [6, 6.07) is 8.41. The van der Waals surface area contributed by atoms with Gasteiger partial charge < -0.3 is 4.74 Å². The Hall–Kier alpha value is -1.70. The molecule has 0 spiro atoms. The molecule has 7 heteroatoms. The molecule has 0 aliphatic heterocycles. The summed E-state index contributed by atoms with van der Waals surface area (Å²) in [5.41, 5.74) is 1.77. The molecule has 124 valence electrons. The SMILES string of the molecule is CN(C)S(=O)(=O)c1cccc(COC(=O)CCc2ccsc2)c1. The van der Waals surface area contributed by atoms with Crippen LogP contribution in [0.3, 0.4) is 0 Å². The van der Waals surface area contributed by atoms with Gasteiger partial charge in [-0.3, -0.25) is 4.79 Å². The normalized spacial score (nSPS) is 11.6. The average Bonchev–Trinajstić information content (AvgIpc) is 3.04. The Morgan fingerprint density at radius 2 is 2.00 bits per heavy atom. The highest BCUT2D eigenvalue weighted by atomic mass is 32.2. The highest BCUT2D eigenvalue weighted by Crippen LogP contribution is 2.16. The van der Waals surface area contributed by atoms with Gasteiger partial charge in [-0.15, -0.1) is 0 Å². The van der Waals surface area contributed by atoms with Crippen LogP contribution in [-0.2, 0) is 32.6 Å². The zero-order valence-electron chi connectivity index (χ0n) is 13.1. The van der Waals surface area contributed by atoms with Crippen LogP contribution in [0.2, 0.25) is 0 Å². The van der Waals surface area contributed by atoms with Crippen molar-refractivity contribution in [2.75, 3.05) is 14.1 Å². The smallest absolute Gasteiger partial charge is 0.306 e. The summed E-state index contributed by atoms with van der Waals surface area (Å²) in [7, 11) is -0.527. The van der Waals surface area contributed by atoms with E-state index in [1.807, 2.05) is 16.8 Å². The maximum Gasteiger partial charge on any atom is 0.306 e. The number of hydrogen-bond donors (Lipinski definition) is 0. The molecular formula is C16H19NO4S2. The number of aryl methyl sites for hydroxylation is 1. The predicted octanol–water partition coefficient (Wildman–Crippen LogP) is 2.67. The van der Waals surface area contributed by atoms with Crippen molar-refractivity contribution >= 4 is 27.3 Å². The summed E-state index contributed by atoms with van der Waals surface area (Å²) in [6.45, 7) is 0.0687. The van der Waals surface area contributed by atoms with Gasteiger partial charge in [0, 0.05) is 20.5 Å². The summed E-state index contributed by atoms with van der Waals surface area (Å²) < 4.78 is 30.5. The first-order chi connectivity index (χ1) is 10.9. The van der Waals surface area contributed by atoms with Gasteiger partial charge in [0.15, 0.2) is 0 Å². The van der Waals surface area contributed by atoms with Crippen LogP contribution in [0.5, 0.6) is 0 Å². The van der Waals surface area contributed by atoms with Gasteiger partial charge in [0.25, 0.3) is 0 Å². The Morgan fingerprint density at radius 1 is 1.22 bits per heavy atom. The minimum Gasteiger partial charge on any atom is -0.461 e. The van der Waals surface area contributed by atoms with Crippen molar-refractivity contribution in [2.24, 2.45) is 0 Å². The first kappa shape index (κ1) is 17.7. The predicted molar refractivity (Wildman–Crippen MR) is 89.8 cm³/mol. The van der Waals surface area contributed by atoms with E-state index >= 15 is 0 Å². The Bertz CT molecular complexity index is 752. The number of thiophene rings is 1. The third kappa shape index (κ3) is 4.89. The Morgan fingerprint density at radius 3 is 2.65 bits per heavy atom. The molecule has 2 rings (SSSR count). The number of hydrogen-bond acceptors (Lipinski definition) is 5. The van der Waals surface area contributed by atoms with Crippen LogP contribution >= 0.6 is 11.3 Å². The molecule has 0 unspecified atom stereocenters. The summed E-state index contributed by atoms with van der Waals surface area (Å²) in [4.78, 5) is 11.9. The Labute approximate surface area is 140 Å². The van der Waals surface area contributed by atoms with Gasteiger partial charge in [-0.05, 0) is 46.5 Å². The van der Waals surface area contributed by atoms with Crippen molar-refractivity contribution < 1.29 is 17.9 Å². The lowest BCUT2D eigenvalue weighted by molar-refractivity contribution is -0.144. The first-order valence-electron chi connectivity index (χ1n) is 7.08. The van der Waals surface area contributed by atoms with Crippen LogP contribution in [0.25, 0.3) is 0 Å². The maximum atomic E-state index is 12.1. The van der Waals surface area contributed by atoms with Crippen LogP contribution < -0.4 is 0 Å². The van der Waals surface area contributed by atoms with Gasteiger partial charge >= 0.3 is 5.97 Å². The third-order valence-corrected chi connectivity index (χ3v) is 5.82. The van der Waals surface area contributed by atoms with Gasteiger partial charge in [-0.1, -0.05) is 12.1 Å². The molecule has 0 bridgehead atoms. The fraction of sp³-hybridized carbons (Fsp3) is 0.312. The summed E-state index contributed by atoms with van der Waals surface area (Å²) in [5, 5.41) is 3.97. The molecule has 0 aliphatic carbocycles. The highest BCUT2D eigenvalue weighted by molar-refractivity contribution is 7.89. The molecule has 2 aromatic rings. The molecule has 1 aromatic carbocycles. The topological polar surface area (TPSA) is 63.7 Å². The second-order valence-electron chi connectivity index (χ2n) is 5.23. The van der Waals surface area contributed by atoms with E-state index in [0.717, 1.165) is 9.87 Å². The highest BCUT2D eigenvalue weighted by Gasteiger charge is 2.17. The third-order valence-electron chi connectivity index (χ3n) is 3.27. The van der Waals surface area contributed by atoms with Crippen LogP contribution in [-0.4, -0.2) is 32.8 Å². The van der Waals surface area contributed by atoms with Crippen molar-refractivity contribution in [3.8, 4) is 0 Å². The van der Waals surface area contributed by atoms with Gasteiger partial charge in [0.2, 0.25) is 10.0 Å². The fourth-order valence-electron chi connectivity index (χ4n) is 1.92. The molecule has 0 radical (unpaired) electrons. The molecule has 5 nitrogen and oxygen atoms in total. The molecule has 0 saturated carbocycles. The number of sulfonamides is 1. The molecule has 1 heterocycles. The minimum atomic E-state index is -3.48. The molecule has 0 aliphatic rings. The largest absolute Gasteiger partial charge is 0.461 e. The van der Waals surface area contributed by atoms with Crippen molar-refractivity contribution in [1.82, 2.24) is 4.31 Å². The van der Waals surface area contributed by atoms with E-state index in [1.54, 1.807) is 23.5 Å². The first-order valence-corrected chi connectivity index (χ1v) is 9.46. The number of nitrogens with zero attached hydrogens (tertiary/aromatic N) is 1. The van der Waals surface area contributed by atoms with E-state index in [4.69, 9.17) is 4.74 Å². The van der Waals surface area contributed by atoms with Crippen molar-refractivity contribution in [3.05, 3.63) is 52.2 Å². The fourth-order valence-corrected chi connectivity index (χ4v) is 3.60. The summed E-state index contributed by atoms with van der Waals surface area (Å²) >= 11 is 1.59. The number of rotatable bonds is 7. The molecule has 0 fully saturated rings. The van der Waals surface area contributed by atoms with Gasteiger partial charge in [-0.25, -0.2) is 12.7 Å².